The van der Waals surface area contributed by atoms with Crippen LogP contribution < -0.4 is 15.0 Å². The lowest BCUT2D eigenvalue weighted by atomic mass is 10.0. The van der Waals surface area contributed by atoms with Crippen LogP contribution in [0.15, 0.2) is 66.0 Å². The molecular formula is C28H30N2O4S. The number of hydrogen-bond acceptors (Lipinski definition) is 5. The summed E-state index contributed by atoms with van der Waals surface area (Å²) in [5, 5.41) is 5.11. The van der Waals surface area contributed by atoms with Gasteiger partial charge >= 0.3 is 0 Å². The summed E-state index contributed by atoms with van der Waals surface area (Å²) in [4.78, 5) is 42.2. The van der Waals surface area contributed by atoms with E-state index in [4.69, 9.17) is 4.74 Å². The molecule has 1 saturated carbocycles. The fraction of sp³-hybridized carbons (Fsp3) is 0.321. The summed E-state index contributed by atoms with van der Waals surface area (Å²) in [6.45, 7) is 1.49. The van der Waals surface area contributed by atoms with Crippen molar-refractivity contribution < 1.29 is 19.1 Å². The van der Waals surface area contributed by atoms with Crippen molar-refractivity contribution in [1.82, 2.24) is 5.32 Å². The van der Waals surface area contributed by atoms with E-state index >= 15 is 0 Å². The minimum atomic E-state index is -0.892. The Morgan fingerprint density at radius 2 is 1.80 bits per heavy atom. The van der Waals surface area contributed by atoms with Crippen molar-refractivity contribution in [1.29, 1.82) is 0 Å². The summed E-state index contributed by atoms with van der Waals surface area (Å²) in [7, 11) is 1.59. The fourth-order valence-corrected chi connectivity index (χ4v) is 5.21. The number of hydrogen-bond donors (Lipinski definition) is 1. The predicted octanol–water partition coefficient (Wildman–Crippen LogP) is 5.34. The average Bonchev–Trinajstić information content (AvgIpc) is 3.57. The van der Waals surface area contributed by atoms with Crippen molar-refractivity contribution in [3.05, 3.63) is 82.0 Å². The van der Waals surface area contributed by atoms with Crippen LogP contribution in [0.4, 0.5) is 5.69 Å². The van der Waals surface area contributed by atoms with E-state index in [2.05, 4.69) is 5.32 Å². The fourth-order valence-electron chi connectivity index (χ4n) is 4.51. The van der Waals surface area contributed by atoms with Gasteiger partial charge in [0.2, 0.25) is 11.8 Å². The molecule has 7 heteroatoms. The van der Waals surface area contributed by atoms with Gasteiger partial charge in [-0.3, -0.25) is 19.3 Å². The van der Waals surface area contributed by atoms with Gasteiger partial charge in [0.1, 0.15) is 11.8 Å². The molecule has 4 rings (SSSR count). The van der Waals surface area contributed by atoms with Crippen LogP contribution in [-0.2, 0) is 16.0 Å². The number of carbonyl (C=O) groups excluding carboxylic acids is 3. The van der Waals surface area contributed by atoms with Crippen LogP contribution in [0, 0.1) is 0 Å². The first-order chi connectivity index (χ1) is 17.0. The molecule has 1 N–H and O–H groups in total. The minimum Gasteiger partial charge on any atom is -0.497 e. The van der Waals surface area contributed by atoms with E-state index in [9.17, 15) is 14.4 Å². The van der Waals surface area contributed by atoms with Gasteiger partial charge in [-0.2, -0.15) is 0 Å². The molecule has 2 amide bonds. The molecule has 0 bridgehead atoms. The Morgan fingerprint density at radius 3 is 2.43 bits per heavy atom. The molecule has 1 aliphatic carbocycles. The molecule has 0 saturated heterocycles. The van der Waals surface area contributed by atoms with Gasteiger partial charge in [-0.15, -0.1) is 11.3 Å². The quantitative estimate of drug-likeness (QED) is 0.411. The largest absolute Gasteiger partial charge is 0.497 e. The maximum atomic E-state index is 13.8. The van der Waals surface area contributed by atoms with Crippen molar-refractivity contribution >= 4 is 34.6 Å². The normalized spacial score (nSPS) is 14.3. The van der Waals surface area contributed by atoms with Crippen LogP contribution in [-0.4, -0.2) is 30.7 Å². The van der Waals surface area contributed by atoms with Crippen LogP contribution in [0.25, 0.3) is 0 Å². The first-order valence-electron chi connectivity index (χ1n) is 11.9. The molecule has 1 aliphatic rings. The number of methoxy groups -OCH3 is 1. The number of nitrogens with one attached hydrogen (secondary N) is 1. The molecule has 6 nitrogen and oxygen atoms in total. The van der Waals surface area contributed by atoms with E-state index in [1.54, 1.807) is 43.5 Å². The Balaban J connectivity index is 1.79. The van der Waals surface area contributed by atoms with E-state index < -0.39 is 6.04 Å². The van der Waals surface area contributed by atoms with E-state index in [1.165, 1.54) is 23.2 Å². The second-order valence-corrected chi connectivity index (χ2v) is 9.82. The molecule has 1 fully saturated rings. The summed E-state index contributed by atoms with van der Waals surface area (Å²) >= 11 is 1.50. The molecule has 0 aliphatic heterocycles. The van der Waals surface area contributed by atoms with Crippen LogP contribution in [0.2, 0.25) is 0 Å². The maximum absolute atomic E-state index is 13.8. The van der Waals surface area contributed by atoms with E-state index in [-0.39, 0.29) is 30.1 Å². The Morgan fingerprint density at radius 1 is 1.06 bits per heavy atom. The summed E-state index contributed by atoms with van der Waals surface area (Å²) in [6, 6.07) is 17.2. The maximum Gasteiger partial charge on any atom is 0.248 e. The number of anilines is 1. The molecule has 2 aromatic carbocycles. The monoisotopic (exact) mass is 490 g/mol. The Hall–Kier alpha value is -3.45. The van der Waals surface area contributed by atoms with Gasteiger partial charge in [0.15, 0.2) is 5.78 Å². The third-order valence-corrected chi connectivity index (χ3v) is 7.22. The zero-order valence-electron chi connectivity index (χ0n) is 20.0. The van der Waals surface area contributed by atoms with Crippen molar-refractivity contribution in [3.8, 4) is 5.75 Å². The lowest BCUT2D eigenvalue weighted by molar-refractivity contribution is -0.127. The molecule has 3 aromatic rings. The Kier molecular flexibility index (Phi) is 7.98. The van der Waals surface area contributed by atoms with Crippen LogP contribution in [0.5, 0.6) is 5.75 Å². The van der Waals surface area contributed by atoms with Gasteiger partial charge in [-0.1, -0.05) is 43.2 Å². The highest BCUT2D eigenvalue weighted by Crippen LogP contribution is 2.32. The van der Waals surface area contributed by atoms with Gasteiger partial charge in [-0.25, -0.2) is 0 Å². The molecule has 1 aromatic heterocycles. The molecule has 1 heterocycles. The van der Waals surface area contributed by atoms with Gasteiger partial charge in [0, 0.05) is 22.2 Å². The second kappa shape index (κ2) is 11.3. The van der Waals surface area contributed by atoms with E-state index in [0.29, 0.717) is 22.6 Å². The number of nitrogens with zero attached hydrogens (tertiary/aromatic N) is 1. The number of thiophene rings is 1. The number of Topliss-reactive ketones (excluding diaryl/α,β-unsaturated/α-hetero) is 1. The molecule has 0 radical (unpaired) electrons. The molecular weight excluding hydrogens is 460 g/mol. The first-order valence-corrected chi connectivity index (χ1v) is 12.7. The lowest BCUT2D eigenvalue weighted by Crippen LogP contribution is -2.46. The van der Waals surface area contributed by atoms with Crippen molar-refractivity contribution in [3.63, 3.8) is 0 Å². The predicted molar refractivity (Wildman–Crippen MR) is 138 cm³/mol. The standard InChI is InChI=1S/C28H30N2O4S/c1-19(31)21-7-5-10-23(17-21)30(26(32)18-25-11-6-16-35-25)27(20-12-14-24(34-2)15-13-20)28(33)29-22-8-3-4-9-22/h5-7,10-17,22,27H,3-4,8-9,18H2,1-2H3,(H,29,33)/t27-/m0/s1. The second-order valence-electron chi connectivity index (χ2n) is 8.79. The summed E-state index contributed by atoms with van der Waals surface area (Å²) < 4.78 is 5.30. The van der Waals surface area contributed by atoms with E-state index in [0.717, 1.165) is 30.6 Å². The summed E-state index contributed by atoms with van der Waals surface area (Å²) in [6.07, 6.45) is 4.19. The van der Waals surface area contributed by atoms with Gasteiger partial charge in [0.05, 0.1) is 13.5 Å². The number of benzene rings is 2. The molecule has 0 unspecified atom stereocenters. The zero-order chi connectivity index (χ0) is 24.8. The highest BCUT2D eigenvalue weighted by atomic mass is 32.1. The van der Waals surface area contributed by atoms with Crippen LogP contribution in [0.1, 0.15) is 59.4 Å². The Bertz CT molecular complexity index is 1170. The van der Waals surface area contributed by atoms with E-state index in [1.807, 2.05) is 29.6 Å². The minimum absolute atomic E-state index is 0.0982. The highest BCUT2D eigenvalue weighted by molar-refractivity contribution is 7.10. The third-order valence-electron chi connectivity index (χ3n) is 6.34. The SMILES string of the molecule is COc1ccc([C@@H](C(=O)NC2CCCC2)N(C(=O)Cc2cccs2)c2cccc(C(C)=O)c2)cc1. The average molecular weight is 491 g/mol. The van der Waals surface area contributed by atoms with Crippen molar-refractivity contribution in [2.24, 2.45) is 0 Å². The molecule has 1 atom stereocenters. The van der Waals surface area contributed by atoms with Gasteiger partial charge in [-0.05, 0) is 61.0 Å². The summed E-state index contributed by atoms with van der Waals surface area (Å²) in [5.74, 6) is 0.123. The smallest absolute Gasteiger partial charge is 0.248 e. The number of ether oxygens (including phenoxy) is 1. The topological polar surface area (TPSA) is 75.7 Å². The molecule has 35 heavy (non-hydrogen) atoms. The number of carbonyl (C=O) groups is 3. The number of amides is 2. The van der Waals surface area contributed by atoms with Crippen LogP contribution >= 0.6 is 11.3 Å². The van der Waals surface area contributed by atoms with Crippen molar-refractivity contribution in [2.75, 3.05) is 12.0 Å². The highest BCUT2D eigenvalue weighted by Gasteiger charge is 2.34. The third kappa shape index (κ3) is 5.98. The number of ketones is 1. The molecule has 182 valence electrons. The van der Waals surface area contributed by atoms with Crippen LogP contribution in [0.3, 0.4) is 0 Å². The lowest BCUT2D eigenvalue weighted by Gasteiger charge is -2.32. The van der Waals surface area contributed by atoms with Crippen molar-refractivity contribution in [2.45, 2.75) is 51.1 Å². The van der Waals surface area contributed by atoms with Gasteiger partial charge in [0.25, 0.3) is 0 Å². The summed E-state index contributed by atoms with van der Waals surface area (Å²) in [5.41, 5.74) is 1.68. The first kappa shape index (κ1) is 24.7. The van der Waals surface area contributed by atoms with Gasteiger partial charge < -0.3 is 10.1 Å². The number of rotatable bonds is 9. The molecule has 0 spiro atoms. The Labute approximate surface area is 209 Å². The zero-order valence-corrected chi connectivity index (χ0v) is 20.8.